The van der Waals surface area contributed by atoms with E-state index in [2.05, 4.69) is 48.0 Å². The van der Waals surface area contributed by atoms with Gasteiger partial charge in [0.05, 0.1) is 10.6 Å². The molecule has 1 saturated heterocycles. The minimum Gasteiger partial charge on any atom is -0.351 e. The summed E-state index contributed by atoms with van der Waals surface area (Å²) in [6.45, 7) is 13.7. The third kappa shape index (κ3) is 3.22. The van der Waals surface area contributed by atoms with E-state index in [1.54, 1.807) is 12.3 Å². The van der Waals surface area contributed by atoms with E-state index in [0.29, 0.717) is 22.3 Å². The third-order valence-electron chi connectivity index (χ3n) is 8.75. The number of aromatic nitrogens is 1. The van der Waals surface area contributed by atoms with Crippen molar-refractivity contribution < 1.29 is 4.79 Å². The Bertz CT molecular complexity index is 931. The molecule has 0 radical (unpaired) electrons. The first-order chi connectivity index (χ1) is 14.6. The van der Waals surface area contributed by atoms with E-state index >= 15 is 0 Å². The van der Waals surface area contributed by atoms with Crippen molar-refractivity contribution in [1.82, 2.24) is 9.29 Å². The van der Waals surface area contributed by atoms with Crippen LogP contribution in [0.5, 0.6) is 0 Å². The predicted octanol–water partition coefficient (Wildman–Crippen LogP) is 5.19. The summed E-state index contributed by atoms with van der Waals surface area (Å²) in [6, 6.07) is 4.19. The van der Waals surface area contributed by atoms with Crippen molar-refractivity contribution in [3.8, 4) is 6.07 Å². The van der Waals surface area contributed by atoms with Gasteiger partial charge in [-0.15, -0.1) is 0 Å². The molecule has 2 heterocycles. The van der Waals surface area contributed by atoms with Gasteiger partial charge >= 0.3 is 0 Å². The summed E-state index contributed by atoms with van der Waals surface area (Å²) in [5, 5.41) is 9.66. The second kappa shape index (κ2) is 7.93. The molecule has 2 aliphatic carbocycles. The van der Waals surface area contributed by atoms with Crippen LogP contribution in [0, 0.1) is 33.5 Å². The quantitative estimate of drug-likeness (QED) is 0.544. The van der Waals surface area contributed by atoms with Gasteiger partial charge in [-0.05, 0) is 49.5 Å². The molecule has 3 aliphatic rings. The molecule has 31 heavy (non-hydrogen) atoms. The van der Waals surface area contributed by atoms with Crippen molar-refractivity contribution in [2.75, 3.05) is 30.3 Å². The predicted molar refractivity (Wildman–Crippen MR) is 127 cm³/mol. The summed E-state index contributed by atoms with van der Waals surface area (Å²) in [6.07, 6.45) is 4.97. The normalized spacial score (nSPS) is 34.3. The summed E-state index contributed by atoms with van der Waals surface area (Å²) >= 11 is 7.92. The van der Waals surface area contributed by atoms with E-state index in [-0.39, 0.29) is 22.3 Å². The van der Waals surface area contributed by atoms with E-state index in [4.69, 9.17) is 11.6 Å². The standard InChI is InChI=1S/C24H33ClN4OS/c1-6-20-22(4,5)24(20)8-7-23(24,17(3)30)15-31-28-9-10-29(16(2)14-28)21-11-18(12-26)19(25)13-27-21/h11,13,16,20H,6-10,14-15H2,1-5H3. The summed E-state index contributed by atoms with van der Waals surface area (Å²) in [7, 11) is 0. The second-order valence-electron chi connectivity index (χ2n) is 10.1. The molecule has 7 heteroatoms. The van der Waals surface area contributed by atoms with E-state index in [9.17, 15) is 10.1 Å². The Labute approximate surface area is 195 Å². The monoisotopic (exact) mass is 460 g/mol. The zero-order valence-corrected chi connectivity index (χ0v) is 20.8. The van der Waals surface area contributed by atoms with Crippen molar-refractivity contribution in [2.24, 2.45) is 22.2 Å². The smallest absolute Gasteiger partial charge is 0.137 e. The molecule has 1 aromatic heterocycles. The van der Waals surface area contributed by atoms with Gasteiger partial charge in [-0.3, -0.25) is 4.79 Å². The Balaban J connectivity index is 1.42. The highest BCUT2D eigenvalue weighted by atomic mass is 35.5. The van der Waals surface area contributed by atoms with Crippen molar-refractivity contribution >= 4 is 35.1 Å². The van der Waals surface area contributed by atoms with Crippen LogP contribution in [-0.2, 0) is 4.79 Å². The Morgan fingerprint density at radius 3 is 2.65 bits per heavy atom. The fourth-order valence-corrected chi connectivity index (χ4v) is 8.70. The van der Waals surface area contributed by atoms with Gasteiger partial charge in [0, 0.05) is 43.0 Å². The van der Waals surface area contributed by atoms with Crippen LogP contribution < -0.4 is 4.90 Å². The molecule has 1 spiro atoms. The molecular formula is C24H33ClN4OS. The van der Waals surface area contributed by atoms with Gasteiger partial charge < -0.3 is 4.90 Å². The maximum atomic E-state index is 12.9. The molecule has 4 rings (SSSR count). The summed E-state index contributed by atoms with van der Waals surface area (Å²) in [5.41, 5.74) is 0.785. The number of pyridine rings is 1. The van der Waals surface area contributed by atoms with Crippen LogP contribution >= 0.6 is 23.5 Å². The average molecular weight is 461 g/mol. The fraction of sp³-hybridized carbons (Fsp3) is 0.708. The maximum Gasteiger partial charge on any atom is 0.137 e. The number of hydrogen-bond acceptors (Lipinski definition) is 6. The van der Waals surface area contributed by atoms with Gasteiger partial charge in [-0.2, -0.15) is 5.26 Å². The number of piperazine rings is 1. The Morgan fingerprint density at radius 2 is 2.13 bits per heavy atom. The highest BCUT2D eigenvalue weighted by Crippen LogP contribution is 2.85. The summed E-state index contributed by atoms with van der Waals surface area (Å²) in [5.74, 6) is 2.75. The highest BCUT2D eigenvalue weighted by Gasteiger charge is 2.82. The molecule has 0 amide bonds. The largest absolute Gasteiger partial charge is 0.351 e. The molecule has 4 atom stereocenters. The van der Waals surface area contributed by atoms with Gasteiger partial charge in [-0.25, -0.2) is 9.29 Å². The molecule has 0 aromatic carbocycles. The number of ketones is 1. The van der Waals surface area contributed by atoms with Crippen LogP contribution in [-0.4, -0.2) is 46.5 Å². The van der Waals surface area contributed by atoms with Gasteiger partial charge in [0.1, 0.15) is 17.7 Å². The molecule has 5 nitrogen and oxygen atoms in total. The van der Waals surface area contributed by atoms with Crippen LogP contribution in [0.15, 0.2) is 12.3 Å². The Morgan fingerprint density at radius 1 is 1.39 bits per heavy atom. The number of hydrogen-bond donors (Lipinski definition) is 0. The lowest BCUT2D eigenvalue weighted by molar-refractivity contribution is -0.140. The molecule has 0 N–H and O–H groups in total. The zero-order chi connectivity index (χ0) is 22.6. The lowest BCUT2D eigenvalue weighted by Crippen LogP contribution is -2.54. The number of rotatable bonds is 6. The average Bonchev–Trinajstić information content (AvgIpc) is 3.25. The zero-order valence-electron chi connectivity index (χ0n) is 19.2. The number of Topliss-reactive ketones (excluding diaryl/α,β-unsaturated/α-hetero) is 1. The SMILES string of the molecule is CCC1C(C)(C)C12CCC2(CSN1CCN(c2cc(C#N)c(Cl)cn2)C(C)C1)C(C)=O. The topological polar surface area (TPSA) is 60.2 Å². The van der Waals surface area contributed by atoms with Crippen molar-refractivity contribution in [3.63, 3.8) is 0 Å². The van der Waals surface area contributed by atoms with Crippen LogP contribution in [0.3, 0.4) is 0 Å². The van der Waals surface area contributed by atoms with Gasteiger partial charge in [0.15, 0.2) is 0 Å². The van der Waals surface area contributed by atoms with Gasteiger partial charge in [0.25, 0.3) is 0 Å². The molecule has 1 aliphatic heterocycles. The first-order valence-corrected chi connectivity index (χ1v) is 12.7. The number of nitrogens with zero attached hydrogens (tertiary/aromatic N) is 4. The van der Waals surface area contributed by atoms with Crippen LogP contribution in [0.25, 0.3) is 0 Å². The molecule has 3 fully saturated rings. The molecule has 2 saturated carbocycles. The van der Waals surface area contributed by atoms with E-state index in [1.165, 1.54) is 12.8 Å². The van der Waals surface area contributed by atoms with Gasteiger partial charge in [0.2, 0.25) is 0 Å². The molecular weight excluding hydrogens is 428 g/mol. The number of halogens is 1. The lowest BCUT2D eigenvalue weighted by Gasteiger charge is -2.52. The maximum absolute atomic E-state index is 12.9. The van der Waals surface area contributed by atoms with Crippen molar-refractivity contribution in [3.05, 3.63) is 22.8 Å². The molecule has 168 valence electrons. The summed E-state index contributed by atoms with van der Waals surface area (Å²) < 4.78 is 2.43. The minimum absolute atomic E-state index is 0.165. The van der Waals surface area contributed by atoms with Gasteiger partial charge in [-0.1, -0.05) is 50.7 Å². The minimum atomic E-state index is -0.165. The van der Waals surface area contributed by atoms with E-state index in [0.717, 1.165) is 37.6 Å². The van der Waals surface area contributed by atoms with Crippen molar-refractivity contribution in [1.29, 1.82) is 5.26 Å². The highest BCUT2D eigenvalue weighted by molar-refractivity contribution is 7.97. The van der Waals surface area contributed by atoms with E-state index < -0.39 is 0 Å². The summed E-state index contributed by atoms with van der Waals surface area (Å²) in [4.78, 5) is 19.6. The van der Waals surface area contributed by atoms with Crippen molar-refractivity contribution in [2.45, 2.75) is 59.9 Å². The number of carbonyl (C=O) groups excluding carboxylic acids is 1. The number of nitriles is 1. The molecule has 0 bridgehead atoms. The first-order valence-electron chi connectivity index (χ1n) is 11.4. The van der Waals surface area contributed by atoms with Crippen LogP contribution in [0.2, 0.25) is 5.02 Å². The number of carbonyl (C=O) groups is 1. The Kier molecular flexibility index (Phi) is 5.86. The second-order valence-corrected chi connectivity index (χ2v) is 11.6. The fourth-order valence-electron chi connectivity index (χ4n) is 7.01. The first kappa shape index (κ1) is 22.9. The third-order valence-corrected chi connectivity index (χ3v) is 10.4. The lowest BCUT2D eigenvalue weighted by atomic mass is 9.53. The molecule has 1 aromatic rings. The van der Waals surface area contributed by atoms with E-state index in [1.807, 2.05) is 18.9 Å². The van der Waals surface area contributed by atoms with Crippen LogP contribution in [0.1, 0.15) is 59.4 Å². The Hall–Kier alpha value is -1.29. The number of anilines is 1. The van der Waals surface area contributed by atoms with Crippen LogP contribution in [0.4, 0.5) is 5.82 Å². The molecule has 4 unspecified atom stereocenters.